The molecule has 1 heterocycles. The van der Waals surface area contributed by atoms with E-state index in [1.165, 1.54) is 0 Å². The molecular weight excluding hydrogens is 234 g/mol. The van der Waals surface area contributed by atoms with Crippen molar-refractivity contribution in [2.45, 2.75) is 26.4 Å². The minimum Gasteiger partial charge on any atom is -0.467 e. The van der Waals surface area contributed by atoms with Gasteiger partial charge in [0, 0.05) is 16.6 Å². The summed E-state index contributed by atoms with van der Waals surface area (Å²) in [4.78, 5) is 0. The van der Waals surface area contributed by atoms with Gasteiger partial charge in [0.2, 0.25) is 0 Å². The third-order valence-electron chi connectivity index (χ3n) is 2.55. The van der Waals surface area contributed by atoms with Crippen LogP contribution in [0, 0.1) is 0 Å². The standard InChI is InChI=1S/C14H16ClNO/c1-10(2)16-9-14-13(6-7-17-14)11-4-3-5-12(15)8-11/h3-8,10,16H,9H2,1-2H3. The molecule has 0 aliphatic rings. The molecule has 1 N–H and O–H groups in total. The smallest absolute Gasteiger partial charge is 0.125 e. The first kappa shape index (κ1) is 12.2. The Morgan fingerprint density at radius 1 is 1.29 bits per heavy atom. The summed E-state index contributed by atoms with van der Waals surface area (Å²) in [5.41, 5.74) is 2.19. The Labute approximate surface area is 107 Å². The first-order chi connectivity index (χ1) is 8.16. The molecule has 0 spiro atoms. The van der Waals surface area contributed by atoms with Crippen molar-refractivity contribution in [3.05, 3.63) is 47.4 Å². The topological polar surface area (TPSA) is 25.2 Å². The zero-order chi connectivity index (χ0) is 12.3. The van der Waals surface area contributed by atoms with Gasteiger partial charge in [0.05, 0.1) is 12.8 Å². The molecular formula is C14H16ClNO. The Kier molecular flexibility index (Phi) is 3.87. The van der Waals surface area contributed by atoms with E-state index >= 15 is 0 Å². The molecule has 1 aromatic carbocycles. The number of hydrogen-bond acceptors (Lipinski definition) is 2. The van der Waals surface area contributed by atoms with E-state index in [2.05, 4.69) is 19.2 Å². The van der Waals surface area contributed by atoms with Crippen LogP contribution in [0.25, 0.3) is 11.1 Å². The van der Waals surface area contributed by atoms with Crippen molar-refractivity contribution in [2.75, 3.05) is 0 Å². The molecule has 90 valence electrons. The number of rotatable bonds is 4. The predicted octanol–water partition coefficient (Wildman–Crippen LogP) is 4.10. The van der Waals surface area contributed by atoms with Gasteiger partial charge < -0.3 is 9.73 Å². The fourth-order valence-corrected chi connectivity index (χ4v) is 1.88. The highest BCUT2D eigenvalue weighted by Crippen LogP contribution is 2.27. The van der Waals surface area contributed by atoms with Gasteiger partial charge in [-0.1, -0.05) is 37.6 Å². The normalized spacial score (nSPS) is 11.1. The number of hydrogen-bond donors (Lipinski definition) is 1. The summed E-state index contributed by atoms with van der Waals surface area (Å²) in [7, 11) is 0. The summed E-state index contributed by atoms with van der Waals surface area (Å²) < 4.78 is 5.50. The highest BCUT2D eigenvalue weighted by atomic mass is 35.5. The first-order valence-electron chi connectivity index (χ1n) is 5.72. The molecule has 0 amide bonds. The third-order valence-corrected chi connectivity index (χ3v) is 2.79. The van der Waals surface area contributed by atoms with Crippen molar-refractivity contribution in [2.24, 2.45) is 0 Å². The monoisotopic (exact) mass is 249 g/mol. The van der Waals surface area contributed by atoms with Gasteiger partial charge in [0.25, 0.3) is 0 Å². The molecule has 3 heteroatoms. The zero-order valence-electron chi connectivity index (χ0n) is 10.0. The van der Waals surface area contributed by atoms with Gasteiger partial charge in [0.1, 0.15) is 5.76 Å². The molecule has 0 bridgehead atoms. The summed E-state index contributed by atoms with van der Waals surface area (Å²) in [6.07, 6.45) is 1.72. The van der Waals surface area contributed by atoms with E-state index in [9.17, 15) is 0 Å². The van der Waals surface area contributed by atoms with Crippen molar-refractivity contribution in [1.29, 1.82) is 0 Å². The van der Waals surface area contributed by atoms with Crippen LogP contribution < -0.4 is 5.32 Å². The largest absolute Gasteiger partial charge is 0.467 e. The minimum absolute atomic E-state index is 0.437. The lowest BCUT2D eigenvalue weighted by atomic mass is 10.1. The molecule has 0 saturated carbocycles. The molecule has 1 aromatic heterocycles. The van der Waals surface area contributed by atoms with E-state index in [1.54, 1.807) is 6.26 Å². The molecule has 17 heavy (non-hydrogen) atoms. The highest BCUT2D eigenvalue weighted by Gasteiger charge is 2.09. The van der Waals surface area contributed by atoms with Crippen LogP contribution in [0.3, 0.4) is 0 Å². The van der Waals surface area contributed by atoms with Gasteiger partial charge in [-0.3, -0.25) is 0 Å². The van der Waals surface area contributed by atoms with Gasteiger partial charge in [-0.25, -0.2) is 0 Å². The fraction of sp³-hybridized carbons (Fsp3) is 0.286. The Balaban J connectivity index is 2.24. The summed E-state index contributed by atoms with van der Waals surface area (Å²) in [5.74, 6) is 0.945. The summed E-state index contributed by atoms with van der Waals surface area (Å²) in [5, 5.41) is 4.09. The van der Waals surface area contributed by atoms with Crippen LogP contribution in [0.1, 0.15) is 19.6 Å². The van der Waals surface area contributed by atoms with Gasteiger partial charge in [-0.15, -0.1) is 0 Å². The van der Waals surface area contributed by atoms with E-state index < -0.39 is 0 Å². The van der Waals surface area contributed by atoms with Crippen LogP contribution in [0.5, 0.6) is 0 Å². The lowest BCUT2D eigenvalue weighted by Gasteiger charge is -2.08. The van der Waals surface area contributed by atoms with Crippen molar-refractivity contribution in [3.63, 3.8) is 0 Å². The lowest BCUT2D eigenvalue weighted by molar-refractivity contribution is 0.466. The molecule has 0 radical (unpaired) electrons. The molecule has 0 unspecified atom stereocenters. The van der Waals surface area contributed by atoms with Crippen LogP contribution >= 0.6 is 11.6 Å². The van der Waals surface area contributed by atoms with Gasteiger partial charge in [0.15, 0.2) is 0 Å². The van der Waals surface area contributed by atoms with Crippen molar-refractivity contribution < 1.29 is 4.42 Å². The second-order valence-corrected chi connectivity index (χ2v) is 4.74. The second kappa shape index (κ2) is 5.39. The van der Waals surface area contributed by atoms with E-state index in [0.29, 0.717) is 6.04 Å². The van der Waals surface area contributed by atoms with E-state index in [4.69, 9.17) is 16.0 Å². The molecule has 2 aromatic rings. The van der Waals surface area contributed by atoms with E-state index in [0.717, 1.165) is 28.5 Å². The molecule has 0 fully saturated rings. The maximum atomic E-state index is 6.00. The number of nitrogens with one attached hydrogen (secondary N) is 1. The highest BCUT2D eigenvalue weighted by molar-refractivity contribution is 6.30. The van der Waals surface area contributed by atoms with Gasteiger partial charge >= 0.3 is 0 Å². The van der Waals surface area contributed by atoms with Crippen LogP contribution in [0.4, 0.5) is 0 Å². The summed E-state index contributed by atoms with van der Waals surface area (Å²) >= 11 is 6.00. The van der Waals surface area contributed by atoms with Crippen molar-refractivity contribution in [3.8, 4) is 11.1 Å². The van der Waals surface area contributed by atoms with Crippen LogP contribution in [-0.4, -0.2) is 6.04 Å². The van der Waals surface area contributed by atoms with Gasteiger partial charge in [-0.2, -0.15) is 0 Å². The summed E-state index contributed by atoms with van der Waals surface area (Å²) in [6, 6.07) is 10.2. The predicted molar refractivity (Wildman–Crippen MR) is 71.1 cm³/mol. The minimum atomic E-state index is 0.437. The molecule has 0 atom stereocenters. The van der Waals surface area contributed by atoms with Crippen LogP contribution in [0.15, 0.2) is 41.0 Å². The maximum Gasteiger partial charge on any atom is 0.125 e. The van der Waals surface area contributed by atoms with Gasteiger partial charge in [-0.05, 0) is 23.8 Å². The SMILES string of the molecule is CC(C)NCc1occc1-c1cccc(Cl)c1. The third kappa shape index (κ3) is 3.11. The average molecular weight is 250 g/mol. The Hall–Kier alpha value is -1.25. The molecule has 0 saturated heterocycles. The molecule has 0 aliphatic heterocycles. The zero-order valence-corrected chi connectivity index (χ0v) is 10.8. The van der Waals surface area contributed by atoms with Crippen molar-refractivity contribution in [1.82, 2.24) is 5.32 Å². The summed E-state index contributed by atoms with van der Waals surface area (Å²) in [6.45, 7) is 4.95. The van der Waals surface area contributed by atoms with Crippen LogP contribution in [0.2, 0.25) is 5.02 Å². The van der Waals surface area contributed by atoms with E-state index in [1.807, 2.05) is 30.3 Å². The number of benzene rings is 1. The molecule has 2 rings (SSSR count). The number of halogens is 1. The maximum absolute atomic E-state index is 6.00. The van der Waals surface area contributed by atoms with Crippen molar-refractivity contribution >= 4 is 11.6 Å². The quantitative estimate of drug-likeness (QED) is 0.883. The molecule has 2 nitrogen and oxygen atoms in total. The van der Waals surface area contributed by atoms with Crippen LogP contribution in [-0.2, 0) is 6.54 Å². The lowest BCUT2D eigenvalue weighted by Crippen LogP contribution is -2.21. The fourth-order valence-electron chi connectivity index (χ4n) is 1.69. The Morgan fingerprint density at radius 2 is 2.12 bits per heavy atom. The Bertz CT molecular complexity index is 490. The first-order valence-corrected chi connectivity index (χ1v) is 6.10. The second-order valence-electron chi connectivity index (χ2n) is 4.30. The molecule has 0 aliphatic carbocycles. The Morgan fingerprint density at radius 3 is 2.82 bits per heavy atom. The number of furan rings is 1. The van der Waals surface area contributed by atoms with E-state index in [-0.39, 0.29) is 0 Å². The average Bonchev–Trinajstić information content (AvgIpc) is 2.74.